The predicted octanol–water partition coefficient (Wildman–Crippen LogP) is 2.00. The van der Waals surface area contributed by atoms with E-state index in [9.17, 15) is 4.79 Å². The molecule has 19 heavy (non-hydrogen) atoms. The Morgan fingerprint density at radius 2 is 2.37 bits per heavy atom. The Morgan fingerprint density at radius 1 is 1.53 bits per heavy atom. The van der Waals surface area contributed by atoms with Gasteiger partial charge in [0.25, 0.3) is 5.56 Å². The first-order chi connectivity index (χ1) is 9.24. The topological polar surface area (TPSA) is 59.8 Å². The molecule has 0 unspecified atom stereocenters. The van der Waals surface area contributed by atoms with Gasteiger partial charge in [-0.3, -0.25) is 4.79 Å². The molecular formula is C13H16N4OS. The lowest BCUT2D eigenvalue weighted by Crippen LogP contribution is -2.24. The summed E-state index contributed by atoms with van der Waals surface area (Å²) in [6, 6.07) is 0.386. The fourth-order valence-electron chi connectivity index (χ4n) is 2.02. The van der Waals surface area contributed by atoms with Crippen LogP contribution in [0.25, 0.3) is 0 Å². The maximum Gasteiger partial charge on any atom is 0.293 e. The average molecular weight is 276 g/mol. The summed E-state index contributed by atoms with van der Waals surface area (Å²) in [5.41, 5.74) is 1.05. The van der Waals surface area contributed by atoms with Crippen molar-refractivity contribution in [2.24, 2.45) is 0 Å². The molecule has 0 amide bonds. The van der Waals surface area contributed by atoms with E-state index in [1.54, 1.807) is 28.3 Å². The Kier molecular flexibility index (Phi) is 3.33. The van der Waals surface area contributed by atoms with Crippen LogP contribution in [0.15, 0.2) is 22.6 Å². The molecule has 1 aliphatic rings. The lowest BCUT2D eigenvalue weighted by Gasteiger charge is -2.07. The summed E-state index contributed by atoms with van der Waals surface area (Å²) in [5.74, 6) is 0.446. The summed E-state index contributed by atoms with van der Waals surface area (Å²) >= 11 is 1.65. The largest absolute Gasteiger partial charge is 0.365 e. The number of aryl methyl sites for hydroxylation is 1. The maximum atomic E-state index is 12.1. The zero-order chi connectivity index (χ0) is 13.2. The molecule has 0 bridgehead atoms. The van der Waals surface area contributed by atoms with E-state index in [4.69, 9.17) is 0 Å². The van der Waals surface area contributed by atoms with Crippen LogP contribution in [0.3, 0.4) is 0 Å². The molecule has 100 valence electrons. The summed E-state index contributed by atoms with van der Waals surface area (Å²) < 4.78 is 1.78. The van der Waals surface area contributed by atoms with Crippen molar-refractivity contribution in [3.05, 3.63) is 38.8 Å². The summed E-state index contributed by atoms with van der Waals surface area (Å²) in [6.45, 7) is 2.68. The second-order valence-corrected chi connectivity index (χ2v) is 5.82. The van der Waals surface area contributed by atoms with Crippen molar-refractivity contribution in [3.63, 3.8) is 0 Å². The van der Waals surface area contributed by atoms with Crippen LogP contribution in [0.4, 0.5) is 5.82 Å². The van der Waals surface area contributed by atoms with Gasteiger partial charge in [0.2, 0.25) is 0 Å². The number of nitrogens with one attached hydrogen (secondary N) is 1. The lowest BCUT2D eigenvalue weighted by atomic mass is 10.3. The Bertz CT molecular complexity index is 630. The molecular weight excluding hydrogens is 260 g/mol. The van der Waals surface area contributed by atoms with Crippen LogP contribution in [0.2, 0.25) is 0 Å². The molecule has 0 aliphatic heterocycles. The first-order valence-electron chi connectivity index (χ1n) is 6.46. The van der Waals surface area contributed by atoms with E-state index in [-0.39, 0.29) is 5.56 Å². The van der Waals surface area contributed by atoms with Crippen molar-refractivity contribution in [1.29, 1.82) is 0 Å². The van der Waals surface area contributed by atoms with Crippen LogP contribution in [0.5, 0.6) is 0 Å². The highest BCUT2D eigenvalue weighted by atomic mass is 32.1. The number of rotatable bonds is 5. The number of nitrogens with zero attached hydrogens (tertiary/aromatic N) is 3. The molecule has 0 spiro atoms. The minimum atomic E-state index is -0.0144. The third-order valence-electron chi connectivity index (χ3n) is 3.15. The molecule has 3 rings (SSSR count). The first kappa shape index (κ1) is 12.3. The second-order valence-electron chi connectivity index (χ2n) is 4.75. The molecule has 1 N–H and O–H groups in total. The minimum Gasteiger partial charge on any atom is -0.365 e. The number of anilines is 1. The van der Waals surface area contributed by atoms with Gasteiger partial charge in [-0.05, 0) is 19.8 Å². The van der Waals surface area contributed by atoms with Gasteiger partial charge in [0.15, 0.2) is 5.82 Å². The normalized spacial score (nSPS) is 14.6. The van der Waals surface area contributed by atoms with Crippen LogP contribution >= 0.6 is 11.3 Å². The zero-order valence-corrected chi connectivity index (χ0v) is 11.6. The highest BCUT2D eigenvalue weighted by Crippen LogP contribution is 2.33. The summed E-state index contributed by atoms with van der Waals surface area (Å²) in [4.78, 5) is 20.6. The average Bonchev–Trinajstić information content (AvgIpc) is 3.15. The monoisotopic (exact) mass is 276 g/mol. The molecule has 1 saturated carbocycles. The Labute approximate surface area is 115 Å². The molecule has 5 nitrogen and oxygen atoms in total. The molecule has 2 aromatic rings. The fraction of sp³-hybridized carbons (Fsp3) is 0.462. The number of hydrogen-bond donors (Lipinski definition) is 1. The summed E-state index contributed by atoms with van der Waals surface area (Å²) in [6.07, 6.45) is 6.47. The molecule has 2 heterocycles. The van der Waals surface area contributed by atoms with E-state index >= 15 is 0 Å². The second kappa shape index (κ2) is 5.13. The van der Waals surface area contributed by atoms with E-state index in [0.717, 1.165) is 30.0 Å². The fourth-order valence-corrected chi connectivity index (χ4v) is 2.67. The summed E-state index contributed by atoms with van der Waals surface area (Å²) in [7, 11) is 0. The van der Waals surface area contributed by atoms with Crippen molar-refractivity contribution in [1.82, 2.24) is 14.5 Å². The van der Waals surface area contributed by atoms with E-state index in [0.29, 0.717) is 18.4 Å². The highest BCUT2D eigenvalue weighted by molar-refractivity contribution is 7.09. The van der Waals surface area contributed by atoms with Gasteiger partial charge in [-0.15, -0.1) is 11.3 Å². The van der Waals surface area contributed by atoms with Crippen LogP contribution in [0.1, 0.15) is 29.6 Å². The van der Waals surface area contributed by atoms with Gasteiger partial charge in [-0.1, -0.05) is 0 Å². The van der Waals surface area contributed by atoms with Crippen molar-refractivity contribution in [3.8, 4) is 0 Å². The smallest absolute Gasteiger partial charge is 0.293 e. The van der Waals surface area contributed by atoms with Crippen LogP contribution in [-0.2, 0) is 6.42 Å². The van der Waals surface area contributed by atoms with E-state index in [1.807, 2.05) is 6.92 Å². The quantitative estimate of drug-likeness (QED) is 0.907. The number of hydrogen-bond acceptors (Lipinski definition) is 5. The third-order valence-corrected chi connectivity index (χ3v) is 3.97. The van der Waals surface area contributed by atoms with E-state index in [2.05, 4.69) is 20.7 Å². The standard InChI is InChI=1S/C13H16N4OS/c1-9-16-10(8-19-9)4-5-14-12-13(18)17(7-6-15-12)11-2-3-11/h6-8,11H,2-5H2,1H3,(H,14,15). The third kappa shape index (κ3) is 2.84. The van der Waals surface area contributed by atoms with Gasteiger partial charge in [-0.2, -0.15) is 0 Å². The van der Waals surface area contributed by atoms with Gasteiger partial charge in [0.1, 0.15) is 0 Å². The molecule has 0 aromatic carbocycles. The molecule has 1 fully saturated rings. The van der Waals surface area contributed by atoms with E-state index in [1.165, 1.54) is 0 Å². The lowest BCUT2D eigenvalue weighted by molar-refractivity contribution is 0.699. The van der Waals surface area contributed by atoms with Gasteiger partial charge >= 0.3 is 0 Å². The van der Waals surface area contributed by atoms with Crippen molar-refractivity contribution < 1.29 is 0 Å². The van der Waals surface area contributed by atoms with Crippen LogP contribution in [-0.4, -0.2) is 21.1 Å². The molecule has 0 atom stereocenters. The molecule has 0 radical (unpaired) electrons. The highest BCUT2D eigenvalue weighted by Gasteiger charge is 2.25. The van der Waals surface area contributed by atoms with Crippen molar-refractivity contribution in [2.75, 3.05) is 11.9 Å². The predicted molar refractivity (Wildman–Crippen MR) is 75.8 cm³/mol. The van der Waals surface area contributed by atoms with Crippen LogP contribution < -0.4 is 10.9 Å². The Hall–Kier alpha value is -1.69. The van der Waals surface area contributed by atoms with Gasteiger partial charge < -0.3 is 9.88 Å². The number of thiazole rings is 1. The van der Waals surface area contributed by atoms with Gasteiger partial charge in [0, 0.05) is 36.8 Å². The SMILES string of the molecule is Cc1nc(CCNc2nccn(C3CC3)c2=O)cs1. The Morgan fingerprint density at radius 3 is 3.05 bits per heavy atom. The van der Waals surface area contributed by atoms with Crippen molar-refractivity contribution >= 4 is 17.2 Å². The Balaban J connectivity index is 1.63. The molecule has 2 aromatic heterocycles. The summed E-state index contributed by atoms with van der Waals surface area (Å²) in [5, 5.41) is 6.24. The molecule has 6 heteroatoms. The van der Waals surface area contributed by atoms with E-state index < -0.39 is 0 Å². The maximum absolute atomic E-state index is 12.1. The zero-order valence-electron chi connectivity index (χ0n) is 10.8. The first-order valence-corrected chi connectivity index (χ1v) is 7.34. The molecule has 0 saturated heterocycles. The molecule has 1 aliphatic carbocycles. The minimum absolute atomic E-state index is 0.0144. The van der Waals surface area contributed by atoms with Crippen LogP contribution in [0, 0.1) is 6.92 Å². The van der Waals surface area contributed by atoms with Crippen molar-refractivity contribution in [2.45, 2.75) is 32.2 Å². The van der Waals surface area contributed by atoms with Gasteiger partial charge in [-0.25, -0.2) is 9.97 Å². The number of aromatic nitrogens is 3. The van der Waals surface area contributed by atoms with Gasteiger partial charge in [0.05, 0.1) is 10.7 Å².